The first kappa shape index (κ1) is 18.0. The molecule has 0 saturated carbocycles. The highest BCUT2D eigenvalue weighted by Crippen LogP contribution is 2.18. The van der Waals surface area contributed by atoms with E-state index in [9.17, 15) is 14.0 Å². The highest BCUT2D eigenvalue weighted by molar-refractivity contribution is 6.07. The molecule has 0 aliphatic carbocycles. The molecule has 27 heavy (non-hydrogen) atoms. The number of aromatic nitrogens is 2. The zero-order valence-electron chi connectivity index (χ0n) is 14.3. The lowest BCUT2D eigenvalue weighted by molar-refractivity contribution is 0.0602. The number of carbonyl (C=O) groups excluding carboxylic acids is 2. The van der Waals surface area contributed by atoms with Gasteiger partial charge in [0.1, 0.15) is 5.82 Å². The number of hydrogen-bond acceptors (Lipinski definition) is 6. The Hall–Kier alpha value is -3.81. The van der Waals surface area contributed by atoms with Crippen molar-refractivity contribution in [2.24, 2.45) is 0 Å². The van der Waals surface area contributed by atoms with Crippen LogP contribution in [0.3, 0.4) is 0 Å². The van der Waals surface area contributed by atoms with E-state index >= 15 is 0 Å². The Morgan fingerprint density at radius 1 is 0.963 bits per heavy atom. The zero-order chi connectivity index (χ0) is 19.2. The van der Waals surface area contributed by atoms with Crippen LogP contribution in [0.2, 0.25) is 0 Å². The van der Waals surface area contributed by atoms with E-state index in [-0.39, 0.29) is 22.8 Å². The third-order valence-corrected chi connectivity index (χ3v) is 3.61. The van der Waals surface area contributed by atoms with Crippen LogP contribution in [0, 0.1) is 5.82 Å². The van der Waals surface area contributed by atoms with Gasteiger partial charge in [0.15, 0.2) is 0 Å². The molecule has 0 fully saturated rings. The second-order valence-electron chi connectivity index (χ2n) is 5.39. The molecule has 3 rings (SSSR count). The highest BCUT2D eigenvalue weighted by atomic mass is 19.1. The molecule has 2 aromatic carbocycles. The molecule has 7 nitrogen and oxygen atoms in total. The average molecular weight is 366 g/mol. The van der Waals surface area contributed by atoms with E-state index in [1.807, 2.05) is 0 Å². The minimum atomic E-state index is -0.563. The van der Waals surface area contributed by atoms with Gasteiger partial charge in [0.25, 0.3) is 5.91 Å². The number of nitrogens with one attached hydrogen (secondary N) is 2. The van der Waals surface area contributed by atoms with Gasteiger partial charge in [-0.05, 0) is 24.3 Å². The molecule has 0 bridgehead atoms. The van der Waals surface area contributed by atoms with Crippen LogP contribution in [0.1, 0.15) is 20.7 Å². The van der Waals surface area contributed by atoms with Crippen LogP contribution in [0.25, 0.3) is 0 Å². The third kappa shape index (κ3) is 4.24. The topological polar surface area (TPSA) is 93.2 Å². The summed E-state index contributed by atoms with van der Waals surface area (Å²) in [7, 11) is 1.26. The number of anilines is 3. The number of methoxy groups -OCH3 is 1. The maximum atomic E-state index is 13.6. The van der Waals surface area contributed by atoms with E-state index in [1.54, 1.807) is 42.5 Å². The van der Waals surface area contributed by atoms with Crippen molar-refractivity contribution in [3.05, 3.63) is 77.9 Å². The average Bonchev–Trinajstić information content (AvgIpc) is 2.70. The predicted molar refractivity (Wildman–Crippen MR) is 97.4 cm³/mol. The molecule has 1 heterocycles. The number of amides is 1. The van der Waals surface area contributed by atoms with Gasteiger partial charge in [-0.1, -0.05) is 24.3 Å². The standard InChI is InChI=1S/C19H15FN4O3/c1-27-18(26)13-6-2-4-8-15(13)23-17(25)12-10-21-19(22-11-12)24-16-9-5-3-7-14(16)20/h2-11H,1H3,(H,23,25)(H,21,22,24). The monoisotopic (exact) mass is 366 g/mol. The summed E-state index contributed by atoms with van der Waals surface area (Å²) in [6.45, 7) is 0. The number of ether oxygens (including phenoxy) is 1. The van der Waals surface area contributed by atoms with Gasteiger partial charge in [-0.2, -0.15) is 0 Å². The smallest absolute Gasteiger partial charge is 0.339 e. The number of rotatable bonds is 5. The van der Waals surface area contributed by atoms with Crippen molar-refractivity contribution in [3.63, 3.8) is 0 Å². The van der Waals surface area contributed by atoms with Crippen LogP contribution in [0.4, 0.5) is 21.7 Å². The lowest BCUT2D eigenvalue weighted by Gasteiger charge is -2.10. The third-order valence-electron chi connectivity index (χ3n) is 3.61. The van der Waals surface area contributed by atoms with E-state index in [0.29, 0.717) is 5.69 Å². The Labute approximate surface area is 154 Å². The van der Waals surface area contributed by atoms with Crippen molar-refractivity contribution >= 4 is 29.2 Å². The second kappa shape index (κ2) is 8.05. The van der Waals surface area contributed by atoms with Crippen molar-refractivity contribution in [3.8, 4) is 0 Å². The SMILES string of the molecule is COC(=O)c1ccccc1NC(=O)c1cnc(Nc2ccccc2F)nc1. The molecule has 2 N–H and O–H groups in total. The normalized spacial score (nSPS) is 10.1. The molecule has 1 aromatic heterocycles. The number of carbonyl (C=O) groups is 2. The van der Waals surface area contributed by atoms with E-state index in [1.165, 1.54) is 25.6 Å². The number of halogens is 1. The summed E-state index contributed by atoms with van der Waals surface area (Å²) >= 11 is 0. The number of esters is 1. The molecule has 3 aromatic rings. The summed E-state index contributed by atoms with van der Waals surface area (Å²) in [5.41, 5.74) is 0.936. The van der Waals surface area contributed by atoms with Crippen LogP contribution in [-0.2, 0) is 4.74 Å². The molecule has 0 unspecified atom stereocenters. The van der Waals surface area contributed by atoms with Crippen LogP contribution >= 0.6 is 0 Å². The van der Waals surface area contributed by atoms with E-state index in [4.69, 9.17) is 4.74 Å². The molecule has 0 saturated heterocycles. The molecule has 8 heteroatoms. The fraction of sp³-hybridized carbons (Fsp3) is 0.0526. The molecular weight excluding hydrogens is 351 g/mol. The fourth-order valence-electron chi connectivity index (χ4n) is 2.27. The molecule has 0 radical (unpaired) electrons. The Kier molecular flexibility index (Phi) is 5.36. The molecule has 136 valence electrons. The largest absolute Gasteiger partial charge is 0.465 e. The minimum absolute atomic E-state index is 0.145. The Bertz CT molecular complexity index is 977. The van der Waals surface area contributed by atoms with Gasteiger partial charge in [0, 0.05) is 12.4 Å². The molecule has 1 amide bonds. The maximum absolute atomic E-state index is 13.6. The minimum Gasteiger partial charge on any atom is -0.465 e. The lowest BCUT2D eigenvalue weighted by Crippen LogP contribution is -2.16. The van der Waals surface area contributed by atoms with Crippen molar-refractivity contribution < 1.29 is 18.7 Å². The first-order valence-corrected chi connectivity index (χ1v) is 7.91. The first-order valence-electron chi connectivity index (χ1n) is 7.91. The number of para-hydroxylation sites is 2. The Balaban J connectivity index is 1.73. The number of hydrogen-bond donors (Lipinski definition) is 2. The fourth-order valence-corrected chi connectivity index (χ4v) is 2.27. The summed E-state index contributed by atoms with van der Waals surface area (Å²) in [5.74, 6) is -1.36. The van der Waals surface area contributed by atoms with E-state index in [2.05, 4.69) is 20.6 Å². The molecular formula is C19H15FN4O3. The van der Waals surface area contributed by atoms with Crippen molar-refractivity contribution in [1.82, 2.24) is 9.97 Å². The maximum Gasteiger partial charge on any atom is 0.339 e. The van der Waals surface area contributed by atoms with Crippen molar-refractivity contribution in [2.75, 3.05) is 17.7 Å². The molecule has 0 aliphatic heterocycles. The van der Waals surface area contributed by atoms with E-state index in [0.717, 1.165) is 0 Å². The van der Waals surface area contributed by atoms with Crippen LogP contribution < -0.4 is 10.6 Å². The summed E-state index contributed by atoms with van der Waals surface area (Å²) in [4.78, 5) is 32.2. The Morgan fingerprint density at radius 2 is 1.59 bits per heavy atom. The van der Waals surface area contributed by atoms with Crippen LogP contribution in [-0.4, -0.2) is 29.0 Å². The Morgan fingerprint density at radius 3 is 2.26 bits per heavy atom. The quantitative estimate of drug-likeness (QED) is 0.672. The van der Waals surface area contributed by atoms with Crippen LogP contribution in [0.15, 0.2) is 60.9 Å². The predicted octanol–water partition coefficient (Wildman–Crippen LogP) is 3.40. The van der Waals surface area contributed by atoms with Gasteiger partial charge in [0.2, 0.25) is 5.95 Å². The highest BCUT2D eigenvalue weighted by Gasteiger charge is 2.15. The van der Waals surface area contributed by atoms with Gasteiger partial charge in [-0.25, -0.2) is 19.2 Å². The number of benzene rings is 2. The molecule has 0 aliphatic rings. The zero-order valence-corrected chi connectivity index (χ0v) is 14.3. The number of nitrogens with zero attached hydrogens (tertiary/aromatic N) is 2. The second-order valence-corrected chi connectivity index (χ2v) is 5.39. The van der Waals surface area contributed by atoms with Crippen molar-refractivity contribution in [1.29, 1.82) is 0 Å². The lowest BCUT2D eigenvalue weighted by atomic mass is 10.1. The summed E-state index contributed by atoms with van der Waals surface area (Å²) in [6, 6.07) is 12.6. The van der Waals surface area contributed by atoms with Crippen LogP contribution in [0.5, 0.6) is 0 Å². The van der Waals surface area contributed by atoms with Crippen molar-refractivity contribution in [2.45, 2.75) is 0 Å². The van der Waals surface area contributed by atoms with Gasteiger partial charge >= 0.3 is 5.97 Å². The summed E-state index contributed by atoms with van der Waals surface area (Å²) < 4.78 is 18.3. The van der Waals surface area contributed by atoms with Gasteiger partial charge in [-0.3, -0.25) is 4.79 Å². The molecule has 0 atom stereocenters. The van der Waals surface area contributed by atoms with Gasteiger partial charge in [-0.15, -0.1) is 0 Å². The van der Waals surface area contributed by atoms with E-state index < -0.39 is 17.7 Å². The molecule has 0 spiro atoms. The first-order chi connectivity index (χ1) is 13.1. The summed E-state index contributed by atoms with van der Waals surface area (Å²) in [6.07, 6.45) is 2.60. The summed E-state index contributed by atoms with van der Waals surface area (Å²) in [5, 5.41) is 5.35. The van der Waals surface area contributed by atoms with Gasteiger partial charge in [0.05, 0.1) is 29.6 Å². The van der Waals surface area contributed by atoms with Gasteiger partial charge < -0.3 is 15.4 Å².